The average Bonchev–Trinajstić information content (AvgIpc) is 3.36. The van der Waals surface area contributed by atoms with Crippen LogP contribution in [0.3, 0.4) is 0 Å². The summed E-state index contributed by atoms with van der Waals surface area (Å²) in [5, 5.41) is 9.87. The summed E-state index contributed by atoms with van der Waals surface area (Å²) in [5.41, 5.74) is 0. The first-order valence-electron chi connectivity index (χ1n) is 10.1. The number of hydrogen-bond donors (Lipinski definition) is 2. The molecule has 0 bridgehead atoms. The molecular formula is C19H31N5O3. The maximum Gasteiger partial charge on any atom is 0.229 e. The van der Waals surface area contributed by atoms with Crippen molar-refractivity contribution in [2.24, 2.45) is 0 Å². The van der Waals surface area contributed by atoms with Crippen molar-refractivity contribution in [1.82, 2.24) is 25.7 Å². The molecule has 0 aromatic carbocycles. The Bertz CT molecular complexity index is 641. The van der Waals surface area contributed by atoms with Crippen molar-refractivity contribution < 1.29 is 14.1 Å². The third-order valence-electron chi connectivity index (χ3n) is 5.85. The molecule has 27 heavy (non-hydrogen) atoms. The quantitative estimate of drug-likeness (QED) is 0.710. The molecule has 0 spiro atoms. The van der Waals surface area contributed by atoms with Gasteiger partial charge in [-0.3, -0.25) is 14.5 Å². The zero-order valence-corrected chi connectivity index (χ0v) is 16.4. The molecule has 1 saturated carbocycles. The van der Waals surface area contributed by atoms with Crippen LogP contribution in [0.15, 0.2) is 4.52 Å². The van der Waals surface area contributed by atoms with Gasteiger partial charge in [-0.1, -0.05) is 18.0 Å². The van der Waals surface area contributed by atoms with Crippen LogP contribution in [-0.4, -0.2) is 59.1 Å². The van der Waals surface area contributed by atoms with E-state index in [9.17, 15) is 9.59 Å². The molecule has 2 fully saturated rings. The second kappa shape index (κ2) is 9.30. The number of amides is 2. The number of carbonyl (C=O) groups excluding carboxylic acids is 2. The van der Waals surface area contributed by atoms with Gasteiger partial charge in [-0.25, -0.2) is 0 Å². The maximum absolute atomic E-state index is 12.3. The minimum atomic E-state index is -0.0119. The van der Waals surface area contributed by atoms with Crippen LogP contribution in [0.1, 0.15) is 69.5 Å². The van der Waals surface area contributed by atoms with Crippen molar-refractivity contribution in [2.45, 2.75) is 76.3 Å². The number of likely N-dealkylation sites (tertiary alicyclic amines) is 1. The van der Waals surface area contributed by atoms with Gasteiger partial charge in [0.1, 0.15) is 0 Å². The molecule has 3 rings (SSSR count). The topological polar surface area (TPSA) is 100 Å². The third-order valence-corrected chi connectivity index (χ3v) is 5.85. The summed E-state index contributed by atoms with van der Waals surface area (Å²) in [6, 6.07) is 0.531. The first-order valence-corrected chi connectivity index (χ1v) is 10.1. The fourth-order valence-corrected chi connectivity index (χ4v) is 4.15. The standard InChI is InChI=1S/C19H31N5O3/c1-13(25)21-12-16-8-7-15(24(16)2)11-18(26)20-10-9-17-22-19(27-23-17)14-5-3-4-6-14/h14-16H,3-12H2,1-2H3,(H,20,26)(H,21,25)/t15-,16+/m0/s1. The van der Waals surface area contributed by atoms with Gasteiger partial charge in [-0.2, -0.15) is 4.98 Å². The summed E-state index contributed by atoms with van der Waals surface area (Å²) in [6.07, 6.45) is 7.79. The lowest BCUT2D eigenvalue weighted by molar-refractivity contribution is -0.122. The Morgan fingerprint density at radius 1 is 1.15 bits per heavy atom. The Balaban J connectivity index is 1.35. The molecule has 1 saturated heterocycles. The molecule has 2 aliphatic rings. The summed E-state index contributed by atoms with van der Waals surface area (Å²) in [4.78, 5) is 30.0. The van der Waals surface area contributed by atoms with E-state index in [1.54, 1.807) is 0 Å². The molecule has 1 aliphatic heterocycles. The van der Waals surface area contributed by atoms with Gasteiger partial charge >= 0.3 is 0 Å². The first kappa shape index (κ1) is 19.8. The largest absolute Gasteiger partial charge is 0.356 e. The summed E-state index contributed by atoms with van der Waals surface area (Å²) < 4.78 is 5.37. The number of carbonyl (C=O) groups is 2. The van der Waals surface area contributed by atoms with Crippen molar-refractivity contribution in [3.05, 3.63) is 11.7 Å². The summed E-state index contributed by atoms with van der Waals surface area (Å²) in [6.45, 7) is 2.69. The molecule has 0 radical (unpaired) electrons. The SMILES string of the molecule is CC(=O)NC[C@H]1CC[C@@H](CC(=O)NCCc2noc(C3CCCC3)n2)N1C. The molecule has 2 atom stereocenters. The van der Waals surface area contributed by atoms with E-state index >= 15 is 0 Å². The van der Waals surface area contributed by atoms with Crippen molar-refractivity contribution in [3.8, 4) is 0 Å². The van der Waals surface area contributed by atoms with Gasteiger partial charge in [-0.15, -0.1) is 0 Å². The Kier molecular flexibility index (Phi) is 6.82. The predicted octanol–water partition coefficient (Wildman–Crippen LogP) is 1.37. The van der Waals surface area contributed by atoms with E-state index in [2.05, 4.69) is 25.7 Å². The molecule has 1 aliphatic carbocycles. The highest BCUT2D eigenvalue weighted by Crippen LogP contribution is 2.32. The normalized spacial score (nSPS) is 23.6. The van der Waals surface area contributed by atoms with E-state index in [1.165, 1.54) is 19.8 Å². The van der Waals surface area contributed by atoms with E-state index in [4.69, 9.17) is 4.52 Å². The lowest BCUT2D eigenvalue weighted by Gasteiger charge is -2.25. The van der Waals surface area contributed by atoms with E-state index in [0.29, 0.717) is 43.7 Å². The summed E-state index contributed by atoms with van der Waals surface area (Å²) in [7, 11) is 2.03. The zero-order chi connectivity index (χ0) is 19.2. The van der Waals surface area contributed by atoms with E-state index in [1.807, 2.05) is 7.05 Å². The predicted molar refractivity (Wildman–Crippen MR) is 100 cm³/mol. The number of nitrogens with zero attached hydrogens (tertiary/aromatic N) is 3. The number of rotatable bonds is 8. The van der Waals surface area contributed by atoms with Crippen LogP contribution in [0.5, 0.6) is 0 Å². The van der Waals surface area contributed by atoms with Gasteiger partial charge in [0.15, 0.2) is 5.82 Å². The minimum Gasteiger partial charge on any atom is -0.356 e. The Morgan fingerprint density at radius 2 is 1.89 bits per heavy atom. The summed E-state index contributed by atoms with van der Waals surface area (Å²) >= 11 is 0. The Hall–Kier alpha value is -1.96. The highest BCUT2D eigenvalue weighted by Gasteiger charge is 2.31. The second-order valence-electron chi connectivity index (χ2n) is 7.82. The molecular weight excluding hydrogens is 346 g/mol. The highest BCUT2D eigenvalue weighted by atomic mass is 16.5. The number of likely N-dealkylation sites (N-methyl/N-ethyl adjacent to an activating group) is 1. The van der Waals surface area contributed by atoms with Crippen LogP contribution in [-0.2, 0) is 16.0 Å². The van der Waals surface area contributed by atoms with Crippen LogP contribution in [0.25, 0.3) is 0 Å². The fraction of sp³-hybridized carbons (Fsp3) is 0.789. The molecule has 8 nitrogen and oxygen atoms in total. The van der Waals surface area contributed by atoms with E-state index < -0.39 is 0 Å². The second-order valence-corrected chi connectivity index (χ2v) is 7.82. The lowest BCUT2D eigenvalue weighted by atomic mass is 10.1. The average molecular weight is 377 g/mol. The molecule has 0 unspecified atom stereocenters. The van der Waals surface area contributed by atoms with E-state index in [0.717, 1.165) is 31.6 Å². The molecule has 2 heterocycles. The highest BCUT2D eigenvalue weighted by molar-refractivity contribution is 5.76. The molecule has 1 aromatic heterocycles. The molecule has 150 valence electrons. The summed E-state index contributed by atoms with van der Waals surface area (Å²) in [5.74, 6) is 1.88. The maximum atomic E-state index is 12.3. The van der Waals surface area contributed by atoms with Crippen molar-refractivity contribution in [3.63, 3.8) is 0 Å². The zero-order valence-electron chi connectivity index (χ0n) is 16.4. The van der Waals surface area contributed by atoms with Crippen LogP contribution in [0.4, 0.5) is 0 Å². The van der Waals surface area contributed by atoms with Crippen LogP contribution in [0, 0.1) is 0 Å². The van der Waals surface area contributed by atoms with Gasteiger partial charge < -0.3 is 15.2 Å². The van der Waals surface area contributed by atoms with Gasteiger partial charge in [-0.05, 0) is 32.7 Å². The first-order chi connectivity index (χ1) is 13.0. The molecule has 2 amide bonds. The number of hydrogen-bond acceptors (Lipinski definition) is 6. The molecule has 2 N–H and O–H groups in total. The Morgan fingerprint density at radius 3 is 2.63 bits per heavy atom. The van der Waals surface area contributed by atoms with Crippen molar-refractivity contribution in [1.29, 1.82) is 0 Å². The van der Waals surface area contributed by atoms with E-state index in [-0.39, 0.29) is 17.9 Å². The van der Waals surface area contributed by atoms with Gasteiger partial charge in [0, 0.05) is 50.9 Å². The van der Waals surface area contributed by atoms with Gasteiger partial charge in [0.2, 0.25) is 17.7 Å². The smallest absolute Gasteiger partial charge is 0.229 e. The monoisotopic (exact) mass is 377 g/mol. The van der Waals surface area contributed by atoms with Gasteiger partial charge in [0.05, 0.1) is 0 Å². The van der Waals surface area contributed by atoms with Crippen LogP contribution < -0.4 is 10.6 Å². The van der Waals surface area contributed by atoms with Crippen molar-refractivity contribution in [2.75, 3.05) is 20.1 Å². The number of aromatic nitrogens is 2. The fourth-order valence-electron chi connectivity index (χ4n) is 4.15. The lowest BCUT2D eigenvalue weighted by Crippen LogP contribution is -2.42. The Labute approximate surface area is 160 Å². The van der Waals surface area contributed by atoms with Crippen LogP contribution >= 0.6 is 0 Å². The minimum absolute atomic E-state index is 0.0119. The molecule has 1 aromatic rings. The van der Waals surface area contributed by atoms with Crippen LogP contribution in [0.2, 0.25) is 0 Å². The number of nitrogens with one attached hydrogen (secondary N) is 2. The van der Waals surface area contributed by atoms with Gasteiger partial charge in [0.25, 0.3) is 0 Å². The van der Waals surface area contributed by atoms with Crippen molar-refractivity contribution >= 4 is 11.8 Å². The molecule has 8 heteroatoms. The third kappa shape index (κ3) is 5.51.